The Hall–Kier alpha value is -2.57. The molecule has 0 N–H and O–H groups in total. The predicted octanol–water partition coefficient (Wildman–Crippen LogP) is 4.41. The first kappa shape index (κ1) is 17.3. The standard InChI is InChI=1S/C17H12Cl2N2O4/c1-23-14-7-6-12(19)8-13(14)17(22)24-9-15-20-16(21-25-15)10-2-4-11(18)5-3-10/h2-8H,9H2,1H3. The molecule has 8 heteroatoms. The van der Waals surface area contributed by atoms with E-state index in [0.717, 1.165) is 5.56 Å². The quantitative estimate of drug-likeness (QED) is 0.612. The minimum absolute atomic E-state index is 0.166. The summed E-state index contributed by atoms with van der Waals surface area (Å²) in [6, 6.07) is 11.6. The lowest BCUT2D eigenvalue weighted by atomic mass is 10.2. The zero-order chi connectivity index (χ0) is 17.8. The number of carbonyl (C=O) groups excluding carboxylic acids is 1. The van der Waals surface area contributed by atoms with Crippen molar-refractivity contribution in [3.63, 3.8) is 0 Å². The van der Waals surface area contributed by atoms with Crippen molar-refractivity contribution in [1.29, 1.82) is 0 Å². The summed E-state index contributed by atoms with van der Waals surface area (Å²) in [4.78, 5) is 16.4. The number of carbonyl (C=O) groups is 1. The topological polar surface area (TPSA) is 74.5 Å². The highest BCUT2D eigenvalue weighted by Gasteiger charge is 2.16. The zero-order valence-corrected chi connectivity index (χ0v) is 14.5. The molecular formula is C17H12Cl2N2O4. The van der Waals surface area contributed by atoms with Gasteiger partial charge < -0.3 is 14.0 Å². The number of ether oxygens (including phenoxy) is 2. The number of nitrogens with zero attached hydrogens (tertiary/aromatic N) is 2. The average Bonchev–Trinajstić information content (AvgIpc) is 3.09. The highest BCUT2D eigenvalue weighted by Crippen LogP contribution is 2.24. The third-order valence-electron chi connectivity index (χ3n) is 3.28. The summed E-state index contributed by atoms with van der Waals surface area (Å²) in [6.07, 6.45) is 0. The highest BCUT2D eigenvalue weighted by atomic mass is 35.5. The second-order valence-corrected chi connectivity index (χ2v) is 5.81. The maximum absolute atomic E-state index is 12.2. The molecule has 0 unspecified atom stereocenters. The Bertz CT molecular complexity index is 894. The molecule has 0 fully saturated rings. The van der Waals surface area contributed by atoms with Crippen LogP contribution in [0.4, 0.5) is 0 Å². The molecule has 3 aromatic rings. The van der Waals surface area contributed by atoms with Crippen LogP contribution in [0.3, 0.4) is 0 Å². The van der Waals surface area contributed by atoms with Crippen molar-refractivity contribution in [3.05, 3.63) is 64.0 Å². The summed E-state index contributed by atoms with van der Waals surface area (Å²) in [5, 5.41) is 4.86. The second-order valence-electron chi connectivity index (χ2n) is 4.94. The molecule has 2 aromatic carbocycles. The molecule has 1 aromatic heterocycles. The first-order valence-corrected chi connectivity index (χ1v) is 7.91. The van der Waals surface area contributed by atoms with Gasteiger partial charge in [-0.1, -0.05) is 28.4 Å². The van der Waals surface area contributed by atoms with Gasteiger partial charge in [0.25, 0.3) is 5.89 Å². The van der Waals surface area contributed by atoms with Crippen LogP contribution in [0.1, 0.15) is 16.2 Å². The lowest BCUT2D eigenvalue weighted by molar-refractivity contribution is 0.0426. The van der Waals surface area contributed by atoms with Crippen molar-refractivity contribution in [2.45, 2.75) is 6.61 Å². The summed E-state index contributed by atoms with van der Waals surface area (Å²) in [6.45, 7) is -0.172. The molecule has 0 aliphatic carbocycles. The number of hydrogen-bond acceptors (Lipinski definition) is 6. The summed E-state index contributed by atoms with van der Waals surface area (Å²) in [5.74, 6) is 0.301. The summed E-state index contributed by atoms with van der Waals surface area (Å²) >= 11 is 11.7. The van der Waals surface area contributed by atoms with Gasteiger partial charge in [0.05, 0.1) is 7.11 Å². The van der Waals surface area contributed by atoms with Crippen molar-refractivity contribution in [3.8, 4) is 17.1 Å². The van der Waals surface area contributed by atoms with Crippen molar-refractivity contribution < 1.29 is 18.8 Å². The largest absolute Gasteiger partial charge is 0.496 e. The van der Waals surface area contributed by atoms with E-state index in [1.54, 1.807) is 36.4 Å². The molecule has 3 rings (SSSR count). The van der Waals surface area contributed by atoms with E-state index in [9.17, 15) is 4.79 Å². The van der Waals surface area contributed by atoms with E-state index >= 15 is 0 Å². The van der Waals surface area contributed by atoms with Crippen molar-refractivity contribution in [2.75, 3.05) is 7.11 Å². The third kappa shape index (κ3) is 4.10. The predicted molar refractivity (Wildman–Crippen MR) is 91.9 cm³/mol. The van der Waals surface area contributed by atoms with Crippen LogP contribution in [0, 0.1) is 0 Å². The van der Waals surface area contributed by atoms with Crippen molar-refractivity contribution in [2.24, 2.45) is 0 Å². The number of benzene rings is 2. The smallest absolute Gasteiger partial charge is 0.342 e. The van der Waals surface area contributed by atoms with Crippen LogP contribution in [0.25, 0.3) is 11.4 Å². The van der Waals surface area contributed by atoms with Crippen LogP contribution in [0.15, 0.2) is 47.0 Å². The molecule has 0 aliphatic rings. The van der Waals surface area contributed by atoms with E-state index in [2.05, 4.69) is 10.1 Å². The van der Waals surface area contributed by atoms with Crippen molar-refractivity contribution >= 4 is 29.2 Å². The molecule has 25 heavy (non-hydrogen) atoms. The average molecular weight is 379 g/mol. The summed E-state index contributed by atoms with van der Waals surface area (Å²) in [5.41, 5.74) is 0.953. The summed E-state index contributed by atoms with van der Waals surface area (Å²) < 4.78 is 15.4. The Labute approximate surface area is 153 Å². The van der Waals surface area contributed by atoms with Crippen LogP contribution in [0.2, 0.25) is 10.0 Å². The van der Waals surface area contributed by atoms with E-state index < -0.39 is 5.97 Å². The molecule has 1 heterocycles. The van der Waals surface area contributed by atoms with Gasteiger partial charge >= 0.3 is 5.97 Å². The number of methoxy groups -OCH3 is 1. The maximum Gasteiger partial charge on any atom is 0.342 e. The number of hydrogen-bond donors (Lipinski definition) is 0. The highest BCUT2D eigenvalue weighted by molar-refractivity contribution is 6.31. The molecule has 0 radical (unpaired) electrons. The minimum atomic E-state index is -0.606. The van der Waals surface area contributed by atoms with Crippen LogP contribution >= 0.6 is 23.2 Å². The van der Waals surface area contributed by atoms with Gasteiger partial charge in [0.2, 0.25) is 5.82 Å². The van der Waals surface area contributed by atoms with E-state index in [-0.39, 0.29) is 18.1 Å². The third-order valence-corrected chi connectivity index (χ3v) is 3.77. The number of aromatic nitrogens is 2. The Morgan fingerprint density at radius 1 is 1.12 bits per heavy atom. The van der Waals surface area contributed by atoms with Gasteiger partial charge in [-0.25, -0.2) is 4.79 Å². The fourth-order valence-electron chi connectivity index (χ4n) is 2.07. The Balaban J connectivity index is 1.69. The van der Waals surface area contributed by atoms with E-state index in [1.165, 1.54) is 13.2 Å². The van der Waals surface area contributed by atoms with Crippen LogP contribution in [0.5, 0.6) is 5.75 Å². The van der Waals surface area contributed by atoms with Gasteiger partial charge in [-0.2, -0.15) is 4.98 Å². The molecule has 0 saturated heterocycles. The molecule has 0 saturated carbocycles. The van der Waals surface area contributed by atoms with Gasteiger partial charge in [0.15, 0.2) is 6.61 Å². The fourth-order valence-corrected chi connectivity index (χ4v) is 2.37. The molecule has 0 spiro atoms. The normalized spacial score (nSPS) is 10.5. The molecule has 6 nitrogen and oxygen atoms in total. The molecule has 0 aliphatic heterocycles. The Kier molecular flexibility index (Phi) is 5.21. The molecule has 0 bridgehead atoms. The molecular weight excluding hydrogens is 367 g/mol. The maximum atomic E-state index is 12.2. The minimum Gasteiger partial charge on any atom is -0.496 e. The fraction of sp³-hybridized carbons (Fsp3) is 0.118. The molecule has 0 atom stereocenters. The Morgan fingerprint density at radius 3 is 2.56 bits per heavy atom. The first-order chi connectivity index (χ1) is 12.1. The SMILES string of the molecule is COc1ccc(Cl)cc1C(=O)OCc1nc(-c2ccc(Cl)cc2)no1. The van der Waals surface area contributed by atoms with Crippen molar-refractivity contribution in [1.82, 2.24) is 10.1 Å². The number of halogens is 2. The van der Waals surface area contributed by atoms with Gasteiger partial charge in [-0.3, -0.25) is 0 Å². The number of rotatable bonds is 5. The van der Waals surface area contributed by atoms with E-state index in [4.69, 9.17) is 37.2 Å². The van der Waals surface area contributed by atoms with Gasteiger partial charge in [0.1, 0.15) is 11.3 Å². The molecule has 0 amide bonds. The van der Waals surface area contributed by atoms with Gasteiger partial charge in [-0.05, 0) is 42.5 Å². The summed E-state index contributed by atoms with van der Waals surface area (Å²) in [7, 11) is 1.45. The second kappa shape index (κ2) is 7.55. The molecule has 128 valence electrons. The zero-order valence-electron chi connectivity index (χ0n) is 13.0. The Morgan fingerprint density at radius 2 is 1.84 bits per heavy atom. The van der Waals surface area contributed by atoms with Crippen LogP contribution < -0.4 is 4.74 Å². The monoisotopic (exact) mass is 378 g/mol. The van der Waals surface area contributed by atoms with Gasteiger partial charge in [-0.15, -0.1) is 0 Å². The van der Waals surface area contributed by atoms with E-state index in [0.29, 0.717) is 21.6 Å². The van der Waals surface area contributed by atoms with Crippen LogP contribution in [-0.2, 0) is 11.3 Å². The van der Waals surface area contributed by atoms with E-state index in [1.807, 2.05) is 0 Å². The lowest BCUT2D eigenvalue weighted by Crippen LogP contribution is -2.07. The number of esters is 1. The van der Waals surface area contributed by atoms with Gasteiger partial charge in [0, 0.05) is 15.6 Å². The van der Waals surface area contributed by atoms with Crippen LogP contribution in [-0.4, -0.2) is 23.2 Å². The first-order valence-electron chi connectivity index (χ1n) is 7.16. The lowest BCUT2D eigenvalue weighted by Gasteiger charge is -2.07.